The lowest BCUT2D eigenvalue weighted by Crippen LogP contribution is -2.51. The van der Waals surface area contributed by atoms with Gasteiger partial charge >= 0.3 is 5.97 Å². The number of amides is 1. The number of nitrogens with one attached hydrogen (secondary N) is 1. The standard InChI is InChI=1S/C17H21BrN2O5/c1-17(5-8-25-9-6-17)19-15(22)14(21)13-12(18)11(16(23)24-2)10-4-3-7-20(10)13/h3-9H2,1-2H3,(H,19,22). The van der Waals surface area contributed by atoms with Gasteiger partial charge in [0.25, 0.3) is 11.7 Å². The number of ether oxygens (including phenoxy) is 2. The third kappa shape index (κ3) is 3.25. The van der Waals surface area contributed by atoms with E-state index in [1.807, 2.05) is 6.92 Å². The third-order valence-electron chi connectivity index (χ3n) is 4.93. The Morgan fingerprint density at radius 3 is 2.60 bits per heavy atom. The van der Waals surface area contributed by atoms with E-state index in [9.17, 15) is 14.4 Å². The van der Waals surface area contributed by atoms with Gasteiger partial charge in [-0.25, -0.2) is 4.79 Å². The first-order chi connectivity index (χ1) is 11.9. The molecular formula is C17H21BrN2O5. The van der Waals surface area contributed by atoms with Gasteiger partial charge in [0.05, 0.1) is 17.1 Å². The highest BCUT2D eigenvalue weighted by atomic mass is 79.9. The zero-order valence-electron chi connectivity index (χ0n) is 14.3. The molecule has 1 N–H and O–H groups in total. The van der Waals surface area contributed by atoms with E-state index in [1.165, 1.54) is 7.11 Å². The Balaban J connectivity index is 1.90. The van der Waals surface area contributed by atoms with E-state index < -0.39 is 23.2 Å². The molecule has 0 radical (unpaired) electrons. The maximum absolute atomic E-state index is 12.8. The van der Waals surface area contributed by atoms with Crippen molar-refractivity contribution in [2.45, 2.75) is 44.7 Å². The van der Waals surface area contributed by atoms with Crippen molar-refractivity contribution in [3.8, 4) is 0 Å². The van der Waals surface area contributed by atoms with E-state index in [0.29, 0.717) is 49.1 Å². The van der Waals surface area contributed by atoms with Crippen LogP contribution in [0.5, 0.6) is 0 Å². The summed E-state index contributed by atoms with van der Waals surface area (Å²) in [6, 6.07) is 0. The van der Waals surface area contributed by atoms with Crippen LogP contribution in [0, 0.1) is 0 Å². The molecule has 8 heteroatoms. The highest BCUT2D eigenvalue weighted by molar-refractivity contribution is 9.10. The molecule has 0 unspecified atom stereocenters. The number of carbonyl (C=O) groups excluding carboxylic acids is 3. The van der Waals surface area contributed by atoms with Gasteiger partial charge in [-0.2, -0.15) is 0 Å². The molecule has 0 bridgehead atoms. The number of Topliss-reactive ketones (excluding diaryl/α,β-unsaturated/α-hetero) is 1. The molecule has 0 aromatic carbocycles. The van der Waals surface area contributed by atoms with Crippen molar-refractivity contribution in [3.63, 3.8) is 0 Å². The van der Waals surface area contributed by atoms with Gasteiger partial charge in [-0.15, -0.1) is 0 Å². The minimum atomic E-state index is -0.659. The Hall–Kier alpha value is -1.67. The fourth-order valence-electron chi connectivity index (χ4n) is 3.46. The van der Waals surface area contributed by atoms with Crippen LogP contribution >= 0.6 is 15.9 Å². The van der Waals surface area contributed by atoms with Crippen LogP contribution in [-0.4, -0.2) is 48.1 Å². The minimum absolute atomic E-state index is 0.223. The van der Waals surface area contributed by atoms with Crippen LogP contribution in [0.1, 0.15) is 52.7 Å². The van der Waals surface area contributed by atoms with Gasteiger partial charge in [0, 0.05) is 31.0 Å². The zero-order chi connectivity index (χ0) is 18.2. The highest BCUT2D eigenvalue weighted by Gasteiger charge is 2.37. The molecule has 0 spiro atoms. The van der Waals surface area contributed by atoms with Crippen molar-refractivity contribution < 1.29 is 23.9 Å². The van der Waals surface area contributed by atoms with Gasteiger partial charge in [0.15, 0.2) is 0 Å². The molecule has 25 heavy (non-hydrogen) atoms. The Morgan fingerprint density at radius 2 is 1.96 bits per heavy atom. The van der Waals surface area contributed by atoms with Crippen LogP contribution in [0.25, 0.3) is 0 Å². The molecule has 0 atom stereocenters. The third-order valence-corrected chi connectivity index (χ3v) is 5.70. The number of methoxy groups -OCH3 is 1. The van der Waals surface area contributed by atoms with Gasteiger partial charge in [-0.05, 0) is 48.5 Å². The van der Waals surface area contributed by atoms with Crippen molar-refractivity contribution in [1.29, 1.82) is 0 Å². The van der Waals surface area contributed by atoms with Crippen LogP contribution in [0.3, 0.4) is 0 Å². The number of nitrogens with zero attached hydrogens (tertiary/aromatic N) is 1. The van der Waals surface area contributed by atoms with Gasteiger partial charge in [0.2, 0.25) is 0 Å². The highest BCUT2D eigenvalue weighted by Crippen LogP contribution is 2.34. The minimum Gasteiger partial charge on any atom is -0.465 e. The smallest absolute Gasteiger partial charge is 0.340 e. The summed E-state index contributed by atoms with van der Waals surface area (Å²) in [4.78, 5) is 37.5. The first kappa shape index (κ1) is 18.1. The predicted octanol–water partition coefficient (Wildman–Crippen LogP) is 1.85. The maximum Gasteiger partial charge on any atom is 0.340 e. The number of hydrogen-bond acceptors (Lipinski definition) is 5. The van der Waals surface area contributed by atoms with Crippen LogP contribution in [-0.2, 0) is 27.2 Å². The lowest BCUT2D eigenvalue weighted by Gasteiger charge is -2.34. The van der Waals surface area contributed by atoms with E-state index in [-0.39, 0.29) is 5.69 Å². The Morgan fingerprint density at radius 1 is 1.28 bits per heavy atom. The normalized spacial score (nSPS) is 18.5. The number of halogens is 1. The molecule has 3 rings (SSSR count). The molecule has 1 aromatic rings. The molecule has 1 saturated heterocycles. The molecule has 0 aliphatic carbocycles. The van der Waals surface area contributed by atoms with Gasteiger partial charge in [-0.3, -0.25) is 9.59 Å². The van der Waals surface area contributed by atoms with Crippen molar-refractivity contribution in [2.75, 3.05) is 20.3 Å². The molecule has 136 valence electrons. The fourth-order valence-corrected chi connectivity index (χ4v) is 4.25. The number of aromatic nitrogens is 1. The van der Waals surface area contributed by atoms with Crippen LogP contribution in [0.4, 0.5) is 0 Å². The van der Waals surface area contributed by atoms with E-state index in [1.54, 1.807) is 4.57 Å². The van der Waals surface area contributed by atoms with E-state index in [0.717, 1.165) is 12.1 Å². The molecule has 7 nitrogen and oxygen atoms in total. The SMILES string of the molecule is COC(=O)c1c(Br)c(C(=O)C(=O)NC2(C)CCOCC2)n2c1CCC2. The van der Waals surface area contributed by atoms with Gasteiger partial charge in [0.1, 0.15) is 5.69 Å². The number of rotatable bonds is 4. The second-order valence-corrected chi connectivity index (χ2v) is 7.48. The predicted molar refractivity (Wildman–Crippen MR) is 92.7 cm³/mol. The number of fused-ring (bicyclic) bond motifs is 1. The van der Waals surface area contributed by atoms with Crippen molar-refractivity contribution >= 4 is 33.6 Å². The van der Waals surface area contributed by atoms with Gasteiger partial charge in [-0.1, -0.05) is 0 Å². The molecule has 0 saturated carbocycles. The summed E-state index contributed by atoms with van der Waals surface area (Å²) in [7, 11) is 1.30. The number of ketones is 1. The second-order valence-electron chi connectivity index (χ2n) is 6.69. The molecule has 1 aromatic heterocycles. The first-order valence-electron chi connectivity index (χ1n) is 8.32. The summed E-state index contributed by atoms with van der Waals surface area (Å²) in [6.07, 6.45) is 2.82. The second kappa shape index (κ2) is 6.92. The number of carbonyl (C=O) groups is 3. The van der Waals surface area contributed by atoms with Crippen molar-refractivity contribution in [2.24, 2.45) is 0 Å². The average molecular weight is 413 g/mol. The van der Waals surface area contributed by atoms with Crippen molar-refractivity contribution in [1.82, 2.24) is 9.88 Å². The van der Waals surface area contributed by atoms with Crippen LogP contribution in [0.15, 0.2) is 4.47 Å². The van der Waals surface area contributed by atoms with Gasteiger partial charge < -0.3 is 19.4 Å². The largest absolute Gasteiger partial charge is 0.465 e. The molecule has 1 fully saturated rings. The summed E-state index contributed by atoms with van der Waals surface area (Å²) in [6.45, 7) is 3.63. The van der Waals surface area contributed by atoms with Crippen LogP contribution < -0.4 is 5.32 Å². The van der Waals surface area contributed by atoms with Crippen molar-refractivity contribution in [3.05, 3.63) is 21.4 Å². The average Bonchev–Trinajstić information content (AvgIpc) is 3.13. The molecule has 2 aliphatic heterocycles. The van der Waals surface area contributed by atoms with E-state index in [4.69, 9.17) is 9.47 Å². The van der Waals surface area contributed by atoms with Crippen LogP contribution in [0.2, 0.25) is 0 Å². The maximum atomic E-state index is 12.8. The molecule has 3 heterocycles. The number of esters is 1. The first-order valence-corrected chi connectivity index (χ1v) is 9.11. The summed E-state index contributed by atoms with van der Waals surface area (Å²) in [5.74, 6) is -1.81. The Labute approximate surface area is 154 Å². The molecule has 2 aliphatic rings. The van der Waals surface area contributed by atoms with E-state index >= 15 is 0 Å². The summed E-state index contributed by atoms with van der Waals surface area (Å²) in [5, 5.41) is 2.85. The summed E-state index contributed by atoms with van der Waals surface area (Å²) < 4.78 is 12.2. The summed E-state index contributed by atoms with van der Waals surface area (Å²) >= 11 is 3.33. The lowest BCUT2D eigenvalue weighted by molar-refractivity contribution is -0.119. The fraction of sp³-hybridized carbons (Fsp3) is 0.588. The molecule has 1 amide bonds. The lowest BCUT2D eigenvalue weighted by atomic mass is 9.92. The number of hydrogen-bond donors (Lipinski definition) is 1. The zero-order valence-corrected chi connectivity index (χ0v) is 15.9. The monoisotopic (exact) mass is 412 g/mol. The molecular weight excluding hydrogens is 392 g/mol. The quantitative estimate of drug-likeness (QED) is 0.463. The topological polar surface area (TPSA) is 86.6 Å². The summed E-state index contributed by atoms with van der Waals surface area (Å²) in [5.41, 5.74) is 0.852. The Kier molecular flexibility index (Phi) is 5.02. The van der Waals surface area contributed by atoms with E-state index in [2.05, 4.69) is 21.2 Å². The Bertz CT molecular complexity index is 734.